The van der Waals surface area contributed by atoms with Crippen molar-refractivity contribution < 1.29 is 4.74 Å². The van der Waals surface area contributed by atoms with Crippen molar-refractivity contribution in [3.63, 3.8) is 0 Å². The predicted octanol–water partition coefficient (Wildman–Crippen LogP) is 3.06. The zero-order chi connectivity index (χ0) is 16.1. The molecule has 1 aromatic carbocycles. The summed E-state index contributed by atoms with van der Waals surface area (Å²) in [6, 6.07) is 11.9. The van der Waals surface area contributed by atoms with Gasteiger partial charge in [-0.2, -0.15) is 0 Å². The Morgan fingerprint density at radius 1 is 1.17 bits per heavy atom. The Morgan fingerprint density at radius 2 is 2.00 bits per heavy atom. The Balaban J connectivity index is 1.85. The molecule has 3 aromatic rings. The van der Waals surface area contributed by atoms with Gasteiger partial charge in [-0.05, 0) is 50.1 Å². The van der Waals surface area contributed by atoms with E-state index in [-0.39, 0.29) is 0 Å². The summed E-state index contributed by atoms with van der Waals surface area (Å²) in [4.78, 5) is 9.26. The number of aryl methyl sites for hydroxylation is 2. The minimum absolute atomic E-state index is 0.433. The summed E-state index contributed by atoms with van der Waals surface area (Å²) in [6.07, 6.45) is 3.88. The number of hydrogen-bond acceptors (Lipinski definition) is 4. The number of ether oxygens (including phenoxy) is 1. The average molecular weight is 310 g/mol. The first-order chi connectivity index (χ1) is 11.3. The van der Waals surface area contributed by atoms with Crippen LogP contribution in [0.5, 0.6) is 5.75 Å². The number of pyridine rings is 1. The number of hydrogen-bond donors (Lipinski definition) is 1. The highest BCUT2D eigenvalue weighted by Gasteiger charge is 2.12. The number of imidazole rings is 1. The highest BCUT2D eigenvalue weighted by molar-refractivity contribution is 5.72. The highest BCUT2D eigenvalue weighted by Crippen LogP contribution is 2.18. The molecule has 3 rings (SSSR count). The van der Waals surface area contributed by atoms with Crippen LogP contribution in [0.2, 0.25) is 0 Å². The Morgan fingerprint density at radius 3 is 2.78 bits per heavy atom. The molecule has 0 spiro atoms. The first kappa shape index (κ1) is 15.5. The van der Waals surface area contributed by atoms with Gasteiger partial charge in [0.15, 0.2) is 5.65 Å². The highest BCUT2D eigenvalue weighted by atomic mass is 16.5. The fourth-order valence-corrected chi connectivity index (χ4v) is 2.58. The molecular weight excluding hydrogens is 288 g/mol. The van der Waals surface area contributed by atoms with Gasteiger partial charge in [0.2, 0.25) is 0 Å². The molecule has 0 atom stereocenters. The zero-order valence-corrected chi connectivity index (χ0v) is 13.4. The SMILES string of the molecule is Cc1cnc2c(c1)nc(COc1ccccc1)n2CCCCN. The summed E-state index contributed by atoms with van der Waals surface area (Å²) < 4.78 is 8.01. The molecule has 0 aliphatic carbocycles. The minimum atomic E-state index is 0.433. The molecule has 0 bridgehead atoms. The van der Waals surface area contributed by atoms with Crippen molar-refractivity contribution in [2.75, 3.05) is 6.54 Å². The number of unbranched alkanes of at least 4 members (excludes halogenated alkanes) is 1. The maximum absolute atomic E-state index is 5.86. The fourth-order valence-electron chi connectivity index (χ4n) is 2.58. The molecule has 2 heterocycles. The van der Waals surface area contributed by atoms with Crippen LogP contribution in [0.4, 0.5) is 0 Å². The summed E-state index contributed by atoms with van der Waals surface area (Å²) >= 11 is 0. The van der Waals surface area contributed by atoms with E-state index in [4.69, 9.17) is 15.5 Å². The fraction of sp³-hybridized carbons (Fsp3) is 0.333. The van der Waals surface area contributed by atoms with Gasteiger partial charge < -0.3 is 15.0 Å². The number of nitrogens with two attached hydrogens (primary N) is 1. The standard InChI is InChI=1S/C18H22N4O/c1-14-11-16-18(20-12-14)22(10-6-5-9-19)17(21-16)13-23-15-7-3-2-4-8-15/h2-4,7-8,11-12H,5-6,9-10,13,19H2,1H3. The van der Waals surface area contributed by atoms with Gasteiger partial charge in [-0.3, -0.25) is 0 Å². The lowest BCUT2D eigenvalue weighted by Gasteiger charge is -2.09. The third kappa shape index (κ3) is 3.68. The lowest BCUT2D eigenvalue weighted by atomic mass is 10.3. The molecular formula is C18H22N4O. The van der Waals surface area contributed by atoms with Gasteiger partial charge in [-0.1, -0.05) is 18.2 Å². The van der Waals surface area contributed by atoms with Gasteiger partial charge in [-0.15, -0.1) is 0 Å². The van der Waals surface area contributed by atoms with Crippen LogP contribution >= 0.6 is 0 Å². The Bertz CT molecular complexity index is 767. The lowest BCUT2D eigenvalue weighted by Crippen LogP contribution is -2.09. The normalized spacial score (nSPS) is 11.0. The first-order valence-corrected chi connectivity index (χ1v) is 7.97. The average Bonchev–Trinajstić information content (AvgIpc) is 2.91. The van der Waals surface area contributed by atoms with E-state index in [0.717, 1.165) is 47.7 Å². The largest absolute Gasteiger partial charge is 0.486 e. The van der Waals surface area contributed by atoms with Crippen LogP contribution < -0.4 is 10.5 Å². The van der Waals surface area contributed by atoms with Crippen molar-refractivity contribution in [1.29, 1.82) is 0 Å². The number of rotatable bonds is 7. The quantitative estimate of drug-likeness (QED) is 0.681. The van der Waals surface area contributed by atoms with E-state index in [1.165, 1.54) is 0 Å². The molecule has 5 nitrogen and oxygen atoms in total. The summed E-state index contributed by atoms with van der Waals surface area (Å²) in [5, 5.41) is 0. The molecule has 0 aliphatic rings. The van der Waals surface area contributed by atoms with E-state index < -0.39 is 0 Å². The maximum atomic E-state index is 5.86. The van der Waals surface area contributed by atoms with Crippen LogP contribution in [0.15, 0.2) is 42.6 Å². The molecule has 0 unspecified atom stereocenters. The predicted molar refractivity (Wildman–Crippen MR) is 91.3 cm³/mol. The Kier molecular flexibility index (Phi) is 4.88. The zero-order valence-electron chi connectivity index (χ0n) is 13.4. The monoisotopic (exact) mass is 310 g/mol. The van der Waals surface area contributed by atoms with Crippen LogP contribution in [0.1, 0.15) is 24.2 Å². The van der Waals surface area contributed by atoms with Gasteiger partial charge in [0.05, 0.1) is 0 Å². The van der Waals surface area contributed by atoms with Gasteiger partial charge in [0.25, 0.3) is 0 Å². The van der Waals surface area contributed by atoms with Crippen LogP contribution in [0, 0.1) is 6.92 Å². The molecule has 120 valence electrons. The number of nitrogens with zero attached hydrogens (tertiary/aromatic N) is 3. The molecule has 5 heteroatoms. The molecule has 0 radical (unpaired) electrons. The van der Waals surface area contributed by atoms with E-state index in [9.17, 15) is 0 Å². The molecule has 23 heavy (non-hydrogen) atoms. The third-order valence-corrected chi connectivity index (χ3v) is 3.75. The smallest absolute Gasteiger partial charge is 0.160 e. The summed E-state index contributed by atoms with van der Waals surface area (Å²) in [6.45, 7) is 4.02. The Hall–Kier alpha value is -2.40. The second-order valence-electron chi connectivity index (χ2n) is 5.63. The first-order valence-electron chi connectivity index (χ1n) is 7.97. The van der Waals surface area contributed by atoms with Crippen molar-refractivity contribution in [3.8, 4) is 5.75 Å². The van der Waals surface area contributed by atoms with Crippen LogP contribution in [0.25, 0.3) is 11.2 Å². The van der Waals surface area contributed by atoms with E-state index in [0.29, 0.717) is 13.2 Å². The Labute approximate surface area is 136 Å². The van der Waals surface area contributed by atoms with Crippen molar-refractivity contribution >= 4 is 11.2 Å². The molecule has 2 N–H and O–H groups in total. The molecule has 0 fully saturated rings. The summed E-state index contributed by atoms with van der Waals surface area (Å²) in [7, 11) is 0. The summed E-state index contributed by atoms with van der Waals surface area (Å²) in [5.41, 5.74) is 8.56. The van der Waals surface area contributed by atoms with Gasteiger partial charge in [0, 0.05) is 12.7 Å². The lowest BCUT2D eigenvalue weighted by molar-refractivity contribution is 0.289. The molecule has 0 saturated heterocycles. The molecule has 0 aliphatic heterocycles. The molecule has 0 amide bonds. The van der Waals surface area contributed by atoms with Gasteiger partial charge in [0.1, 0.15) is 23.7 Å². The van der Waals surface area contributed by atoms with Crippen molar-refractivity contribution in [1.82, 2.24) is 14.5 Å². The van der Waals surface area contributed by atoms with Crippen molar-refractivity contribution in [3.05, 3.63) is 54.0 Å². The second kappa shape index (κ2) is 7.24. The van der Waals surface area contributed by atoms with E-state index in [1.54, 1.807) is 0 Å². The third-order valence-electron chi connectivity index (χ3n) is 3.75. The van der Waals surface area contributed by atoms with E-state index >= 15 is 0 Å². The molecule has 2 aromatic heterocycles. The van der Waals surface area contributed by atoms with Crippen LogP contribution in [-0.4, -0.2) is 21.1 Å². The number of benzene rings is 1. The maximum Gasteiger partial charge on any atom is 0.160 e. The van der Waals surface area contributed by atoms with E-state index in [2.05, 4.69) is 15.6 Å². The number of fused-ring (bicyclic) bond motifs is 1. The van der Waals surface area contributed by atoms with Gasteiger partial charge >= 0.3 is 0 Å². The van der Waals surface area contributed by atoms with E-state index in [1.807, 2.05) is 43.5 Å². The van der Waals surface area contributed by atoms with Crippen molar-refractivity contribution in [2.45, 2.75) is 32.9 Å². The summed E-state index contributed by atoms with van der Waals surface area (Å²) in [5.74, 6) is 1.75. The topological polar surface area (TPSA) is 66.0 Å². The number of para-hydroxylation sites is 1. The number of aromatic nitrogens is 3. The minimum Gasteiger partial charge on any atom is -0.486 e. The molecule has 0 saturated carbocycles. The van der Waals surface area contributed by atoms with Crippen LogP contribution in [0.3, 0.4) is 0 Å². The second-order valence-corrected chi connectivity index (χ2v) is 5.63. The van der Waals surface area contributed by atoms with Crippen LogP contribution in [-0.2, 0) is 13.2 Å². The van der Waals surface area contributed by atoms with Crippen molar-refractivity contribution in [2.24, 2.45) is 5.73 Å². The van der Waals surface area contributed by atoms with Gasteiger partial charge in [-0.25, -0.2) is 9.97 Å².